The van der Waals surface area contributed by atoms with E-state index in [0.717, 1.165) is 29.7 Å². The minimum Gasteiger partial charge on any atom is -0.466 e. The minimum absolute atomic E-state index is 0.0795. The molecule has 1 aliphatic heterocycles. The first kappa shape index (κ1) is 24.7. The van der Waals surface area contributed by atoms with Crippen LogP contribution in [0.25, 0.3) is 17.2 Å². The molecule has 4 rings (SSSR count). The van der Waals surface area contributed by atoms with Gasteiger partial charge in [-0.2, -0.15) is 5.26 Å². The number of carbonyl (C=O) groups excluding carboxylic acids is 2. The third kappa shape index (κ3) is 5.14. The van der Waals surface area contributed by atoms with E-state index in [2.05, 4.69) is 31.0 Å². The zero-order chi connectivity index (χ0) is 25.2. The molecule has 6 nitrogen and oxygen atoms in total. The second-order valence-electron chi connectivity index (χ2n) is 10.3. The molecule has 0 bridgehead atoms. The molecule has 2 aliphatic rings. The molecule has 1 saturated heterocycles. The molecule has 35 heavy (non-hydrogen) atoms. The Morgan fingerprint density at radius 1 is 1.29 bits per heavy atom. The lowest BCUT2D eigenvalue weighted by Gasteiger charge is -2.48. The van der Waals surface area contributed by atoms with E-state index in [1.807, 2.05) is 43.3 Å². The Balaban J connectivity index is 1.61. The van der Waals surface area contributed by atoms with E-state index in [0.29, 0.717) is 12.2 Å². The number of rotatable bonds is 6. The fourth-order valence-corrected chi connectivity index (χ4v) is 6.02. The first-order valence-corrected chi connectivity index (χ1v) is 12.2. The van der Waals surface area contributed by atoms with Crippen LogP contribution in [0.15, 0.2) is 48.7 Å². The molecule has 0 radical (unpaired) electrons. The van der Waals surface area contributed by atoms with Gasteiger partial charge in [-0.1, -0.05) is 44.2 Å². The molecule has 182 valence electrons. The second-order valence-corrected chi connectivity index (χ2v) is 10.3. The Morgan fingerprint density at radius 2 is 2.06 bits per heavy atom. The lowest BCUT2D eigenvalue weighted by molar-refractivity contribution is -0.145. The molecule has 2 fully saturated rings. The Hall–Kier alpha value is -3.46. The van der Waals surface area contributed by atoms with Gasteiger partial charge in [-0.3, -0.25) is 14.6 Å². The molecular weight excluding hydrogens is 440 g/mol. The number of esters is 2. The zero-order valence-corrected chi connectivity index (χ0v) is 20.7. The normalized spacial score (nSPS) is 27.2. The number of allylic oxidation sites excluding steroid dienone is 1. The monoisotopic (exact) mass is 472 g/mol. The summed E-state index contributed by atoms with van der Waals surface area (Å²) in [4.78, 5) is 28.6. The predicted molar refractivity (Wildman–Crippen MR) is 133 cm³/mol. The molecule has 1 saturated carbocycles. The Morgan fingerprint density at radius 3 is 2.74 bits per heavy atom. The van der Waals surface area contributed by atoms with Gasteiger partial charge in [-0.15, -0.1) is 0 Å². The molecular formula is C29H32N2O4. The highest BCUT2D eigenvalue weighted by atomic mass is 16.6. The van der Waals surface area contributed by atoms with Gasteiger partial charge in [-0.05, 0) is 55.2 Å². The summed E-state index contributed by atoms with van der Waals surface area (Å²) in [6.45, 7) is 8.15. The van der Waals surface area contributed by atoms with E-state index < -0.39 is 0 Å². The lowest BCUT2D eigenvalue weighted by Crippen LogP contribution is -2.46. The zero-order valence-electron chi connectivity index (χ0n) is 20.7. The summed E-state index contributed by atoms with van der Waals surface area (Å²) in [5.41, 5.74) is 3.05. The Labute approximate surface area is 207 Å². The molecule has 0 amide bonds. The van der Waals surface area contributed by atoms with Crippen LogP contribution in [0.4, 0.5) is 0 Å². The number of benzene rings is 1. The maximum absolute atomic E-state index is 12.6. The number of ether oxygens (including phenoxy) is 2. The molecule has 0 N–H and O–H groups in total. The quantitative estimate of drug-likeness (QED) is 0.521. The van der Waals surface area contributed by atoms with Gasteiger partial charge in [0, 0.05) is 30.2 Å². The summed E-state index contributed by atoms with van der Waals surface area (Å²) in [6.07, 6.45) is 7.29. The highest BCUT2D eigenvalue weighted by Crippen LogP contribution is 2.55. The molecule has 1 aromatic carbocycles. The van der Waals surface area contributed by atoms with Gasteiger partial charge < -0.3 is 9.47 Å². The van der Waals surface area contributed by atoms with Gasteiger partial charge in [0.25, 0.3) is 0 Å². The van der Waals surface area contributed by atoms with Crippen molar-refractivity contribution in [2.24, 2.45) is 29.1 Å². The van der Waals surface area contributed by atoms with Crippen molar-refractivity contribution in [3.05, 3.63) is 59.9 Å². The van der Waals surface area contributed by atoms with Gasteiger partial charge in [0.05, 0.1) is 29.9 Å². The number of hydrogen-bond donors (Lipinski definition) is 0. The smallest absolute Gasteiger partial charge is 0.309 e. The molecule has 2 heterocycles. The van der Waals surface area contributed by atoms with Crippen LogP contribution in [0.2, 0.25) is 0 Å². The molecule has 2 aromatic rings. The molecule has 0 spiro atoms. The van der Waals surface area contributed by atoms with Gasteiger partial charge in [-0.25, -0.2) is 0 Å². The maximum Gasteiger partial charge on any atom is 0.309 e. The maximum atomic E-state index is 12.6. The minimum atomic E-state index is -0.279. The average Bonchev–Trinajstić information content (AvgIpc) is 3.10. The van der Waals surface area contributed by atoms with E-state index in [9.17, 15) is 14.9 Å². The van der Waals surface area contributed by atoms with Crippen LogP contribution in [0.1, 0.15) is 51.8 Å². The van der Waals surface area contributed by atoms with Crippen molar-refractivity contribution in [2.45, 2.75) is 46.6 Å². The summed E-state index contributed by atoms with van der Waals surface area (Å²) in [5.74, 6) is -0.127. The lowest BCUT2D eigenvalue weighted by atomic mass is 9.54. The van der Waals surface area contributed by atoms with Gasteiger partial charge in [0.1, 0.15) is 6.10 Å². The summed E-state index contributed by atoms with van der Waals surface area (Å²) in [6, 6.07) is 13.6. The number of nitriles is 1. The number of fused-ring (bicyclic) bond motifs is 1. The van der Waals surface area contributed by atoms with Crippen LogP contribution in [-0.2, 0) is 19.1 Å². The van der Waals surface area contributed by atoms with Crippen LogP contribution < -0.4 is 0 Å². The summed E-state index contributed by atoms with van der Waals surface area (Å²) >= 11 is 0. The SMILES string of the molecule is CC(=O)OCCC1[C@H](/C=C/c2ccc(-c3ccccc3C#N)cn2)[C@@H]2[C@@H](C)OC(=O)[C@@H]2CC1(C)C. The van der Waals surface area contributed by atoms with Crippen molar-refractivity contribution in [3.63, 3.8) is 0 Å². The van der Waals surface area contributed by atoms with Crippen molar-refractivity contribution in [1.82, 2.24) is 4.98 Å². The van der Waals surface area contributed by atoms with Crippen LogP contribution in [0.3, 0.4) is 0 Å². The van der Waals surface area contributed by atoms with Crippen molar-refractivity contribution in [1.29, 1.82) is 5.26 Å². The largest absolute Gasteiger partial charge is 0.466 e. The Bertz CT molecular complexity index is 1160. The summed E-state index contributed by atoms with van der Waals surface area (Å²) in [5, 5.41) is 9.39. The van der Waals surface area contributed by atoms with Crippen molar-refractivity contribution in [3.8, 4) is 17.2 Å². The van der Waals surface area contributed by atoms with Gasteiger partial charge in [0.15, 0.2) is 0 Å². The third-order valence-corrected chi connectivity index (χ3v) is 7.64. The summed E-state index contributed by atoms with van der Waals surface area (Å²) < 4.78 is 10.9. The van der Waals surface area contributed by atoms with Crippen molar-refractivity contribution in [2.75, 3.05) is 6.61 Å². The molecule has 6 heteroatoms. The highest BCUT2D eigenvalue weighted by molar-refractivity contribution is 5.76. The highest BCUT2D eigenvalue weighted by Gasteiger charge is 2.55. The molecule has 1 unspecified atom stereocenters. The number of carbonyl (C=O) groups is 2. The standard InChI is InChI=1S/C29H32N2O4/c1-18-27-24(26(13-14-34-19(2)32)29(3,4)15-25(27)28(33)35-18)12-11-22-10-9-21(17-31-22)23-8-6-5-7-20(23)16-30/h5-12,17-18,24-27H,13-15H2,1-4H3/b12-11+/t18-,24+,25-,26?,27+/m1/s1. The number of hydrogen-bond acceptors (Lipinski definition) is 6. The third-order valence-electron chi connectivity index (χ3n) is 7.64. The van der Waals surface area contributed by atoms with E-state index in [-0.39, 0.29) is 47.1 Å². The average molecular weight is 473 g/mol. The van der Waals surface area contributed by atoms with E-state index in [1.165, 1.54) is 6.92 Å². The van der Waals surface area contributed by atoms with Crippen LogP contribution >= 0.6 is 0 Å². The fraction of sp³-hybridized carbons (Fsp3) is 0.448. The Kier molecular flexibility index (Phi) is 7.07. The van der Waals surface area contributed by atoms with Gasteiger partial charge in [0.2, 0.25) is 0 Å². The second kappa shape index (κ2) is 10.0. The summed E-state index contributed by atoms with van der Waals surface area (Å²) in [7, 11) is 0. The molecule has 1 aliphatic carbocycles. The first-order chi connectivity index (χ1) is 16.7. The van der Waals surface area contributed by atoms with Crippen LogP contribution in [-0.4, -0.2) is 29.6 Å². The van der Waals surface area contributed by atoms with Crippen LogP contribution in [0.5, 0.6) is 0 Å². The number of nitrogens with zero attached hydrogens (tertiary/aromatic N) is 2. The van der Waals surface area contributed by atoms with Gasteiger partial charge >= 0.3 is 11.9 Å². The van der Waals surface area contributed by atoms with E-state index in [4.69, 9.17) is 9.47 Å². The number of pyridine rings is 1. The molecule has 1 aromatic heterocycles. The fourth-order valence-electron chi connectivity index (χ4n) is 6.02. The van der Waals surface area contributed by atoms with E-state index >= 15 is 0 Å². The topological polar surface area (TPSA) is 89.3 Å². The number of aromatic nitrogens is 1. The predicted octanol–water partition coefficient (Wildman–Crippen LogP) is 5.43. The number of cyclic esters (lactones) is 1. The van der Waals surface area contributed by atoms with E-state index in [1.54, 1.807) is 12.3 Å². The molecule has 5 atom stereocenters. The first-order valence-electron chi connectivity index (χ1n) is 12.2. The van der Waals surface area contributed by atoms with Crippen molar-refractivity contribution < 1.29 is 19.1 Å². The van der Waals surface area contributed by atoms with Crippen molar-refractivity contribution >= 4 is 18.0 Å². The van der Waals surface area contributed by atoms with Crippen LogP contribution in [0, 0.1) is 40.4 Å².